The van der Waals surface area contributed by atoms with E-state index < -0.39 is 11.7 Å². The van der Waals surface area contributed by atoms with Crippen molar-refractivity contribution in [3.05, 3.63) is 40.6 Å². The molecule has 0 unspecified atom stereocenters. The van der Waals surface area contributed by atoms with Gasteiger partial charge < -0.3 is 4.98 Å². The van der Waals surface area contributed by atoms with Gasteiger partial charge in [-0.2, -0.15) is 13.2 Å². The molecule has 1 N–H and O–H groups in total. The van der Waals surface area contributed by atoms with Crippen LogP contribution in [0.5, 0.6) is 0 Å². The van der Waals surface area contributed by atoms with Crippen LogP contribution in [0.3, 0.4) is 0 Å². The summed E-state index contributed by atoms with van der Waals surface area (Å²) in [6.07, 6.45) is -1.91. The predicted molar refractivity (Wildman–Crippen MR) is 88.4 cm³/mol. The van der Waals surface area contributed by atoms with Gasteiger partial charge in [-0.25, -0.2) is 0 Å². The number of hydrogen-bond donors (Lipinski definition) is 1. The van der Waals surface area contributed by atoms with Crippen LogP contribution in [0.15, 0.2) is 40.0 Å². The SMILES string of the molecule is CCSc1cc(Br)cnc1-c1cc2ncc(C(F)(F)F)cc2[nH]1. The molecular formula is C15H11BrF3N3S. The molecule has 8 heteroatoms. The molecule has 0 bridgehead atoms. The number of H-pyrrole nitrogens is 1. The van der Waals surface area contributed by atoms with E-state index in [0.29, 0.717) is 22.4 Å². The minimum Gasteiger partial charge on any atom is -0.352 e. The monoisotopic (exact) mass is 401 g/mol. The molecule has 3 aromatic rings. The maximum atomic E-state index is 12.8. The van der Waals surface area contributed by atoms with Gasteiger partial charge in [0.2, 0.25) is 0 Å². The van der Waals surface area contributed by atoms with Crippen molar-refractivity contribution in [3.63, 3.8) is 0 Å². The van der Waals surface area contributed by atoms with Gasteiger partial charge in [0.25, 0.3) is 0 Å². The Morgan fingerprint density at radius 1 is 1.17 bits per heavy atom. The smallest absolute Gasteiger partial charge is 0.352 e. The molecule has 0 aromatic carbocycles. The maximum Gasteiger partial charge on any atom is 0.417 e. The van der Waals surface area contributed by atoms with E-state index in [9.17, 15) is 13.2 Å². The Bertz CT molecular complexity index is 861. The highest BCUT2D eigenvalue weighted by atomic mass is 79.9. The summed E-state index contributed by atoms with van der Waals surface area (Å²) < 4.78 is 39.2. The average Bonchev–Trinajstić information content (AvgIpc) is 2.89. The number of thioether (sulfide) groups is 1. The predicted octanol–water partition coefficient (Wildman–Crippen LogP) is 5.52. The molecule has 0 aliphatic carbocycles. The van der Waals surface area contributed by atoms with Gasteiger partial charge in [-0.3, -0.25) is 9.97 Å². The van der Waals surface area contributed by atoms with Crippen molar-refractivity contribution in [2.45, 2.75) is 18.0 Å². The minimum absolute atomic E-state index is 0.340. The second kappa shape index (κ2) is 6.16. The molecule has 0 amide bonds. The number of aromatic amines is 1. The Morgan fingerprint density at radius 3 is 2.65 bits per heavy atom. The van der Waals surface area contributed by atoms with Gasteiger partial charge in [-0.15, -0.1) is 11.8 Å². The molecule has 3 aromatic heterocycles. The number of fused-ring (bicyclic) bond motifs is 1. The zero-order valence-corrected chi connectivity index (χ0v) is 14.3. The molecule has 0 atom stereocenters. The molecule has 0 aliphatic rings. The number of pyridine rings is 2. The fourth-order valence-corrected chi connectivity index (χ4v) is 3.48. The van der Waals surface area contributed by atoms with Gasteiger partial charge in [-0.05, 0) is 39.9 Å². The number of halogens is 4. The molecule has 0 fully saturated rings. The second-order valence-corrected chi connectivity index (χ2v) is 6.99. The molecule has 0 radical (unpaired) electrons. The largest absolute Gasteiger partial charge is 0.417 e. The second-order valence-electron chi connectivity index (χ2n) is 4.77. The lowest BCUT2D eigenvalue weighted by atomic mass is 10.2. The summed E-state index contributed by atoms with van der Waals surface area (Å²) in [7, 11) is 0. The van der Waals surface area contributed by atoms with E-state index >= 15 is 0 Å². The van der Waals surface area contributed by atoms with Crippen molar-refractivity contribution in [2.24, 2.45) is 0 Å². The van der Waals surface area contributed by atoms with Crippen LogP contribution in [0.2, 0.25) is 0 Å². The number of nitrogens with one attached hydrogen (secondary N) is 1. The zero-order chi connectivity index (χ0) is 16.6. The van der Waals surface area contributed by atoms with Gasteiger partial charge in [0.1, 0.15) is 5.69 Å². The topological polar surface area (TPSA) is 41.6 Å². The quantitative estimate of drug-likeness (QED) is 0.587. The lowest BCUT2D eigenvalue weighted by Crippen LogP contribution is -2.04. The van der Waals surface area contributed by atoms with Crippen molar-refractivity contribution in [1.29, 1.82) is 0 Å². The van der Waals surface area contributed by atoms with Gasteiger partial charge >= 0.3 is 6.18 Å². The molecule has 0 saturated carbocycles. The van der Waals surface area contributed by atoms with Crippen LogP contribution in [0.1, 0.15) is 12.5 Å². The number of hydrogen-bond acceptors (Lipinski definition) is 3. The van der Waals surface area contributed by atoms with Crippen LogP contribution in [-0.4, -0.2) is 20.7 Å². The summed E-state index contributed by atoms with van der Waals surface area (Å²) in [4.78, 5) is 12.2. The lowest BCUT2D eigenvalue weighted by molar-refractivity contribution is -0.137. The minimum atomic E-state index is -4.41. The van der Waals surface area contributed by atoms with E-state index in [1.807, 2.05) is 13.0 Å². The molecule has 3 nitrogen and oxygen atoms in total. The van der Waals surface area contributed by atoms with E-state index in [0.717, 1.165) is 27.4 Å². The van der Waals surface area contributed by atoms with Gasteiger partial charge in [0.15, 0.2) is 0 Å². The van der Waals surface area contributed by atoms with Crippen LogP contribution in [0, 0.1) is 0 Å². The first-order chi connectivity index (χ1) is 10.9. The number of rotatable bonds is 3. The molecule has 0 aliphatic heterocycles. The molecule has 23 heavy (non-hydrogen) atoms. The zero-order valence-electron chi connectivity index (χ0n) is 11.9. The highest BCUT2D eigenvalue weighted by molar-refractivity contribution is 9.10. The summed E-state index contributed by atoms with van der Waals surface area (Å²) in [6, 6.07) is 4.72. The Labute approximate surface area is 142 Å². The molecule has 120 valence electrons. The van der Waals surface area contributed by atoms with Crippen molar-refractivity contribution in [2.75, 3.05) is 5.75 Å². The molecule has 3 heterocycles. The van der Waals surface area contributed by atoms with E-state index in [-0.39, 0.29) is 0 Å². The summed E-state index contributed by atoms with van der Waals surface area (Å²) in [5.74, 6) is 0.863. The summed E-state index contributed by atoms with van der Waals surface area (Å²) >= 11 is 5.00. The third kappa shape index (κ3) is 3.37. The normalized spacial score (nSPS) is 12.0. The molecular weight excluding hydrogens is 391 g/mol. The number of alkyl halides is 3. The first-order valence-corrected chi connectivity index (χ1v) is 8.51. The fraction of sp³-hybridized carbons (Fsp3) is 0.200. The number of nitrogens with zero attached hydrogens (tertiary/aromatic N) is 2. The summed E-state index contributed by atoms with van der Waals surface area (Å²) in [5, 5.41) is 0. The molecule has 3 rings (SSSR count). The van der Waals surface area contributed by atoms with E-state index in [2.05, 4.69) is 30.9 Å². The Morgan fingerprint density at radius 2 is 1.96 bits per heavy atom. The Hall–Kier alpha value is -1.54. The molecule has 0 spiro atoms. The molecule has 0 saturated heterocycles. The number of aromatic nitrogens is 3. The lowest BCUT2D eigenvalue weighted by Gasteiger charge is -2.06. The van der Waals surface area contributed by atoms with Crippen LogP contribution in [0.25, 0.3) is 22.4 Å². The summed E-state index contributed by atoms with van der Waals surface area (Å²) in [6.45, 7) is 2.03. The average molecular weight is 402 g/mol. The third-order valence-electron chi connectivity index (χ3n) is 3.17. The summed E-state index contributed by atoms with van der Waals surface area (Å²) in [5.41, 5.74) is 1.39. The standard InChI is InChI=1S/C15H11BrF3N3S/c1-2-23-13-4-9(16)7-21-14(13)12-5-10-11(22-12)3-8(6-20-10)15(17,18)19/h3-7,22H,2H2,1H3. The maximum absolute atomic E-state index is 12.8. The van der Waals surface area contributed by atoms with E-state index in [1.54, 1.807) is 24.0 Å². The Balaban J connectivity index is 2.11. The van der Waals surface area contributed by atoms with Crippen LogP contribution in [-0.2, 0) is 6.18 Å². The Kier molecular flexibility index (Phi) is 4.37. The van der Waals surface area contributed by atoms with Gasteiger partial charge in [0.05, 0.1) is 22.3 Å². The van der Waals surface area contributed by atoms with Crippen LogP contribution >= 0.6 is 27.7 Å². The highest BCUT2D eigenvalue weighted by Gasteiger charge is 2.31. The van der Waals surface area contributed by atoms with Crippen molar-refractivity contribution in [3.8, 4) is 11.4 Å². The van der Waals surface area contributed by atoms with Crippen molar-refractivity contribution >= 4 is 38.7 Å². The van der Waals surface area contributed by atoms with Crippen LogP contribution in [0.4, 0.5) is 13.2 Å². The van der Waals surface area contributed by atoms with Gasteiger partial charge in [0, 0.05) is 21.8 Å². The van der Waals surface area contributed by atoms with E-state index in [1.165, 1.54) is 0 Å². The first kappa shape index (κ1) is 16.3. The third-order valence-corrected chi connectivity index (χ3v) is 4.52. The van der Waals surface area contributed by atoms with Gasteiger partial charge in [-0.1, -0.05) is 6.92 Å². The van der Waals surface area contributed by atoms with E-state index in [4.69, 9.17) is 0 Å². The van der Waals surface area contributed by atoms with Crippen molar-refractivity contribution in [1.82, 2.24) is 15.0 Å². The fourth-order valence-electron chi connectivity index (χ4n) is 2.18. The first-order valence-electron chi connectivity index (χ1n) is 6.73. The van der Waals surface area contributed by atoms with Crippen molar-refractivity contribution < 1.29 is 13.2 Å². The van der Waals surface area contributed by atoms with Crippen LogP contribution < -0.4 is 0 Å². The highest BCUT2D eigenvalue weighted by Crippen LogP contribution is 2.34.